The number of hydrogen-bond acceptors (Lipinski definition) is 5. The summed E-state index contributed by atoms with van der Waals surface area (Å²) in [5, 5.41) is 6.19. The molecule has 0 saturated heterocycles. The summed E-state index contributed by atoms with van der Waals surface area (Å²) in [6.07, 6.45) is 1.88. The van der Waals surface area contributed by atoms with Gasteiger partial charge in [-0.1, -0.05) is 18.2 Å². The van der Waals surface area contributed by atoms with Crippen LogP contribution in [0, 0.1) is 0 Å². The Hall–Kier alpha value is -2.10. The van der Waals surface area contributed by atoms with Gasteiger partial charge in [0, 0.05) is 18.7 Å². The van der Waals surface area contributed by atoms with E-state index in [0.29, 0.717) is 24.9 Å². The Bertz CT molecular complexity index is 674. The smallest absolute Gasteiger partial charge is 0.307 e. The molecule has 0 atom stereocenters. The molecule has 8 heteroatoms. The van der Waals surface area contributed by atoms with Gasteiger partial charge in [0.05, 0.1) is 20.1 Å². The average molecular weight is 458 g/mol. The molecule has 2 rings (SSSR count). The van der Waals surface area contributed by atoms with Gasteiger partial charge in [-0.2, -0.15) is 0 Å². The molecule has 7 nitrogen and oxygen atoms in total. The molecule has 2 N–H and O–H groups in total. The lowest BCUT2D eigenvalue weighted by Crippen LogP contribution is -2.38. The molecule has 0 aliphatic heterocycles. The highest BCUT2D eigenvalue weighted by molar-refractivity contribution is 14.0. The van der Waals surface area contributed by atoms with Gasteiger partial charge in [0.1, 0.15) is 12.0 Å². The highest BCUT2D eigenvalue weighted by Gasteiger charge is 2.06. The normalized spacial score (nSPS) is 10.7. The SMILES string of the molecule is CCNC(=NCc1coc(-c2ccccc2)n1)NCCC(=O)OC.I. The van der Waals surface area contributed by atoms with Crippen LogP contribution in [0.1, 0.15) is 19.0 Å². The molecule has 0 fully saturated rings. The first-order chi connectivity index (χ1) is 11.7. The second kappa shape index (κ2) is 11.5. The number of aromatic nitrogens is 1. The fourth-order valence-electron chi connectivity index (χ4n) is 1.98. The molecule has 1 heterocycles. The van der Waals surface area contributed by atoms with Crippen molar-refractivity contribution in [1.82, 2.24) is 15.6 Å². The first-order valence-corrected chi connectivity index (χ1v) is 7.81. The molecular weight excluding hydrogens is 435 g/mol. The molecule has 0 aliphatic rings. The van der Waals surface area contributed by atoms with Crippen molar-refractivity contribution < 1.29 is 13.9 Å². The van der Waals surface area contributed by atoms with E-state index in [1.165, 1.54) is 7.11 Å². The predicted octanol–water partition coefficient (Wildman–Crippen LogP) is 2.58. The van der Waals surface area contributed by atoms with E-state index in [9.17, 15) is 4.79 Å². The van der Waals surface area contributed by atoms with Gasteiger partial charge in [-0.15, -0.1) is 24.0 Å². The number of methoxy groups -OCH3 is 1. The monoisotopic (exact) mass is 458 g/mol. The number of hydrogen-bond donors (Lipinski definition) is 2. The summed E-state index contributed by atoms with van der Waals surface area (Å²) in [5.74, 6) is 0.928. The fourth-order valence-corrected chi connectivity index (χ4v) is 1.98. The highest BCUT2D eigenvalue weighted by Crippen LogP contribution is 2.18. The third-order valence-electron chi connectivity index (χ3n) is 3.17. The van der Waals surface area contributed by atoms with Crippen molar-refractivity contribution in [1.29, 1.82) is 0 Å². The van der Waals surface area contributed by atoms with Gasteiger partial charge in [-0.05, 0) is 19.1 Å². The molecule has 0 amide bonds. The number of nitrogens with one attached hydrogen (secondary N) is 2. The minimum Gasteiger partial charge on any atom is -0.469 e. The molecule has 1 aromatic carbocycles. The van der Waals surface area contributed by atoms with Crippen molar-refractivity contribution in [2.24, 2.45) is 4.99 Å². The van der Waals surface area contributed by atoms with Crippen molar-refractivity contribution >= 4 is 35.9 Å². The summed E-state index contributed by atoms with van der Waals surface area (Å²) in [7, 11) is 1.37. The molecule has 0 spiro atoms. The Balaban J connectivity index is 0.00000312. The number of ether oxygens (including phenoxy) is 1. The van der Waals surface area contributed by atoms with E-state index >= 15 is 0 Å². The number of benzene rings is 1. The zero-order valence-electron chi connectivity index (χ0n) is 14.3. The number of halogens is 1. The molecule has 1 aromatic heterocycles. The zero-order valence-corrected chi connectivity index (χ0v) is 16.7. The fraction of sp³-hybridized carbons (Fsp3) is 0.353. The summed E-state index contributed by atoms with van der Waals surface area (Å²) in [5.41, 5.74) is 1.66. The van der Waals surface area contributed by atoms with Crippen LogP contribution in [0.5, 0.6) is 0 Å². The lowest BCUT2D eigenvalue weighted by Gasteiger charge is -2.10. The first kappa shape index (κ1) is 20.9. The van der Waals surface area contributed by atoms with Crippen molar-refractivity contribution in [3.63, 3.8) is 0 Å². The van der Waals surface area contributed by atoms with Crippen LogP contribution < -0.4 is 10.6 Å². The molecule has 25 heavy (non-hydrogen) atoms. The van der Waals surface area contributed by atoms with Gasteiger partial charge < -0.3 is 19.8 Å². The van der Waals surface area contributed by atoms with Gasteiger partial charge in [-0.3, -0.25) is 4.79 Å². The van der Waals surface area contributed by atoms with Crippen molar-refractivity contribution in [3.8, 4) is 11.5 Å². The number of nitrogens with zero attached hydrogens (tertiary/aromatic N) is 2. The van der Waals surface area contributed by atoms with E-state index in [0.717, 1.165) is 17.8 Å². The Morgan fingerprint density at radius 2 is 2.04 bits per heavy atom. The van der Waals surface area contributed by atoms with Crippen LogP contribution in [-0.2, 0) is 16.1 Å². The molecule has 0 saturated carbocycles. The van der Waals surface area contributed by atoms with E-state index in [1.807, 2.05) is 37.3 Å². The number of guanidine groups is 1. The molecular formula is C17H23IN4O3. The van der Waals surface area contributed by atoms with E-state index in [-0.39, 0.29) is 36.4 Å². The quantitative estimate of drug-likeness (QED) is 0.287. The maximum atomic E-state index is 11.1. The maximum Gasteiger partial charge on any atom is 0.307 e. The summed E-state index contributed by atoms with van der Waals surface area (Å²) >= 11 is 0. The third kappa shape index (κ3) is 7.12. The summed E-state index contributed by atoms with van der Waals surface area (Å²) in [6, 6.07) is 9.70. The number of rotatable bonds is 7. The van der Waals surface area contributed by atoms with Crippen LogP contribution in [0.2, 0.25) is 0 Å². The topological polar surface area (TPSA) is 88.8 Å². The average Bonchev–Trinajstić information content (AvgIpc) is 3.09. The van der Waals surface area contributed by atoms with Crippen molar-refractivity contribution in [2.45, 2.75) is 19.9 Å². The zero-order chi connectivity index (χ0) is 17.2. The van der Waals surface area contributed by atoms with Crippen LogP contribution in [0.3, 0.4) is 0 Å². The maximum absolute atomic E-state index is 11.1. The van der Waals surface area contributed by atoms with Crippen LogP contribution in [0.25, 0.3) is 11.5 Å². The largest absolute Gasteiger partial charge is 0.469 e. The third-order valence-corrected chi connectivity index (χ3v) is 3.17. The van der Waals surface area contributed by atoms with Gasteiger partial charge >= 0.3 is 5.97 Å². The second-order valence-electron chi connectivity index (χ2n) is 4.96. The highest BCUT2D eigenvalue weighted by atomic mass is 127. The molecule has 136 valence electrons. The second-order valence-corrected chi connectivity index (χ2v) is 4.96. The number of oxazole rings is 1. The molecule has 0 unspecified atom stereocenters. The van der Waals surface area contributed by atoms with E-state index < -0.39 is 0 Å². The Kier molecular flexibility index (Phi) is 9.60. The van der Waals surface area contributed by atoms with Crippen LogP contribution in [-0.4, -0.2) is 37.1 Å². The Labute approximate surface area is 164 Å². The molecule has 0 bridgehead atoms. The first-order valence-electron chi connectivity index (χ1n) is 7.81. The minimum atomic E-state index is -0.262. The summed E-state index contributed by atoms with van der Waals surface area (Å²) in [4.78, 5) is 20.0. The van der Waals surface area contributed by atoms with E-state index in [4.69, 9.17) is 4.42 Å². The standard InChI is InChI=1S/C17H22N4O3.HI/c1-3-18-17(19-10-9-15(22)23-2)20-11-14-12-24-16(21-14)13-7-5-4-6-8-13;/h4-8,12H,3,9-11H2,1-2H3,(H2,18,19,20);1H. The Morgan fingerprint density at radius 3 is 2.72 bits per heavy atom. The van der Waals surface area contributed by atoms with Gasteiger partial charge in [0.2, 0.25) is 5.89 Å². The lowest BCUT2D eigenvalue weighted by molar-refractivity contribution is -0.140. The predicted molar refractivity (Wildman–Crippen MR) is 107 cm³/mol. The number of carbonyl (C=O) groups is 1. The number of aliphatic imine (C=N–C) groups is 1. The van der Waals surface area contributed by atoms with Gasteiger partial charge in [0.25, 0.3) is 0 Å². The van der Waals surface area contributed by atoms with Crippen LogP contribution in [0.4, 0.5) is 0 Å². The Morgan fingerprint density at radius 1 is 1.28 bits per heavy atom. The van der Waals surface area contributed by atoms with Crippen molar-refractivity contribution in [3.05, 3.63) is 42.3 Å². The van der Waals surface area contributed by atoms with E-state index in [2.05, 4.69) is 25.3 Å². The van der Waals surface area contributed by atoms with Gasteiger partial charge in [0.15, 0.2) is 5.96 Å². The number of carbonyl (C=O) groups excluding carboxylic acids is 1. The summed E-state index contributed by atoms with van der Waals surface area (Å²) in [6.45, 7) is 3.52. The lowest BCUT2D eigenvalue weighted by atomic mass is 10.2. The van der Waals surface area contributed by atoms with Crippen molar-refractivity contribution in [2.75, 3.05) is 20.2 Å². The molecule has 2 aromatic rings. The van der Waals surface area contributed by atoms with E-state index in [1.54, 1.807) is 6.26 Å². The van der Waals surface area contributed by atoms with Crippen LogP contribution in [0.15, 0.2) is 46.0 Å². The van der Waals surface area contributed by atoms with Crippen LogP contribution >= 0.6 is 24.0 Å². The van der Waals surface area contributed by atoms with Gasteiger partial charge in [-0.25, -0.2) is 9.98 Å². The molecule has 0 aliphatic carbocycles. The minimum absolute atomic E-state index is 0. The summed E-state index contributed by atoms with van der Waals surface area (Å²) < 4.78 is 10.1. The number of esters is 1. The molecule has 0 radical (unpaired) electrons.